The van der Waals surface area contributed by atoms with E-state index in [2.05, 4.69) is 36.4 Å². The maximum Gasteiger partial charge on any atom is 0.145 e. The maximum atomic E-state index is 6.36. The molecular weight excluding hydrogens is 375 g/mol. The van der Waals surface area contributed by atoms with Crippen LogP contribution in [0.5, 0.6) is 0 Å². The lowest BCUT2D eigenvalue weighted by atomic mass is 10.0. The summed E-state index contributed by atoms with van der Waals surface area (Å²) in [6.45, 7) is 0. The smallest absolute Gasteiger partial charge is 0.145 e. The molecule has 0 fully saturated rings. The van der Waals surface area contributed by atoms with Crippen LogP contribution in [0.4, 0.5) is 0 Å². The molecule has 27 heavy (non-hydrogen) atoms. The molecule has 4 heteroatoms. The van der Waals surface area contributed by atoms with Gasteiger partial charge in [-0.3, -0.25) is 0 Å². The standard InChI is InChI=1S/C23H14Cl2N2/c24-20-11-10-19-18(22(20)25)12-13-27-14-21(26-23(19)27)17-8-6-16(7-9-17)15-4-2-1-3-5-15/h1-14H. The van der Waals surface area contributed by atoms with Crippen LogP contribution >= 0.6 is 23.2 Å². The Morgan fingerprint density at radius 1 is 0.667 bits per heavy atom. The van der Waals surface area contributed by atoms with Gasteiger partial charge in [0.1, 0.15) is 5.65 Å². The van der Waals surface area contributed by atoms with E-state index >= 15 is 0 Å². The SMILES string of the molecule is Clc1ccc2c(ccn3cc(-c4ccc(-c5ccccc5)cc4)nc23)c1Cl. The lowest BCUT2D eigenvalue weighted by Gasteiger charge is -2.03. The van der Waals surface area contributed by atoms with E-state index in [9.17, 15) is 0 Å². The van der Waals surface area contributed by atoms with Crippen LogP contribution in [0.25, 0.3) is 38.8 Å². The Kier molecular flexibility index (Phi) is 3.89. The van der Waals surface area contributed by atoms with Crippen molar-refractivity contribution in [2.45, 2.75) is 0 Å². The van der Waals surface area contributed by atoms with Gasteiger partial charge >= 0.3 is 0 Å². The molecule has 5 rings (SSSR count). The van der Waals surface area contributed by atoms with Crippen molar-refractivity contribution in [3.8, 4) is 22.4 Å². The second-order valence-electron chi connectivity index (χ2n) is 6.44. The van der Waals surface area contributed by atoms with Gasteiger partial charge in [0.2, 0.25) is 0 Å². The molecule has 0 amide bonds. The molecule has 0 radical (unpaired) electrons. The van der Waals surface area contributed by atoms with Crippen molar-refractivity contribution in [3.05, 3.63) is 95.2 Å². The van der Waals surface area contributed by atoms with Crippen LogP contribution < -0.4 is 0 Å². The van der Waals surface area contributed by atoms with Crippen molar-refractivity contribution in [1.29, 1.82) is 0 Å². The summed E-state index contributed by atoms with van der Waals surface area (Å²) in [5.41, 5.74) is 5.26. The third-order valence-electron chi connectivity index (χ3n) is 4.80. The van der Waals surface area contributed by atoms with Gasteiger partial charge in [0.05, 0.1) is 15.7 Å². The molecule has 2 nitrogen and oxygen atoms in total. The number of aromatic nitrogens is 2. The first-order valence-corrected chi connectivity index (χ1v) is 9.37. The Hall–Kier alpha value is -2.81. The van der Waals surface area contributed by atoms with Crippen molar-refractivity contribution >= 4 is 39.6 Å². The normalized spacial score (nSPS) is 11.3. The van der Waals surface area contributed by atoms with Gasteiger partial charge in [-0.25, -0.2) is 4.98 Å². The van der Waals surface area contributed by atoms with E-state index in [0.29, 0.717) is 10.0 Å². The summed E-state index contributed by atoms with van der Waals surface area (Å²) in [7, 11) is 0. The molecule has 0 saturated heterocycles. The average Bonchev–Trinajstić information content (AvgIpc) is 3.16. The highest BCUT2D eigenvalue weighted by molar-refractivity contribution is 6.45. The van der Waals surface area contributed by atoms with Crippen LogP contribution in [0, 0.1) is 0 Å². The Labute approximate surface area is 166 Å². The quantitative estimate of drug-likeness (QED) is 0.314. The zero-order chi connectivity index (χ0) is 18.4. The molecule has 0 spiro atoms. The summed E-state index contributed by atoms with van der Waals surface area (Å²) < 4.78 is 2.02. The number of fused-ring (bicyclic) bond motifs is 3. The summed E-state index contributed by atoms with van der Waals surface area (Å²) >= 11 is 12.5. The van der Waals surface area contributed by atoms with Gasteiger partial charge < -0.3 is 4.40 Å². The number of imidazole rings is 1. The minimum Gasteiger partial charge on any atom is -0.306 e. The van der Waals surface area contributed by atoms with Gasteiger partial charge in [-0.1, -0.05) is 77.8 Å². The highest BCUT2D eigenvalue weighted by Crippen LogP contribution is 2.33. The van der Waals surface area contributed by atoms with Gasteiger partial charge in [0, 0.05) is 28.7 Å². The number of pyridine rings is 1. The van der Waals surface area contributed by atoms with E-state index in [-0.39, 0.29) is 0 Å². The number of halogens is 2. The number of hydrogen-bond donors (Lipinski definition) is 0. The largest absolute Gasteiger partial charge is 0.306 e. The summed E-state index contributed by atoms with van der Waals surface area (Å²) in [6.07, 6.45) is 4.00. The number of hydrogen-bond acceptors (Lipinski definition) is 1. The first-order valence-electron chi connectivity index (χ1n) is 8.62. The van der Waals surface area contributed by atoms with Crippen molar-refractivity contribution in [3.63, 3.8) is 0 Å². The van der Waals surface area contributed by atoms with Crippen LogP contribution in [0.1, 0.15) is 0 Å². The first kappa shape index (κ1) is 16.4. The Balaban J connectivity index is 1.61. The van der Waals surface area contributed by atoms with Crippen molar-refractivity contribution in [2.24, 2.45) is 0 Å². The molecule has 0 aliphatic carbocycles. The molecule has 3 aromatic carbocycles. The predicted octanol–water partition coefficient (Wildman–Crippen LogP) is 7.13. The second-order valence-corrected chi connectivity index (χ2v) is 7.22. The van der Waals surface area contributed by atoms with Crippen LogP contribution in [0.3, 0.4) is 0 Å². The zero-order valence-electron chi connectivity index (χ0n) is 14.2. The first-order chi connectivity index (χ1) is 13.2. The van der Waals surface area contributed by atoms with E-state index < -0.39 is 0 Å². The van der Waals surface area contributed by atoms with E-state index in [1.807, 2.05) is 53.2 Å². The number of benzene rings is 3. The molecule has 0 saturated carbocycles. The fraction of sp³-hybridized carbons (Fsp3) is 0. The Bertz CT molecular complexity index is 1270. The molecule has 0 N–H and O–H groups in total. The van der Waals surface area contributed by atoms with Crippen LogP contribution in [-0.4, -0.2) is 9.38 Å². The average molecular weight is 389 g/mol. The van der Waals surface area contributed by atoms with Crippen molar-refractivity contribution < 1.29 is 0 Å². The summed E-state index contributed by atoms with van der Waals surface area (Å²) in [5, 5.41) is 3.01. The molecule has 2 aromatic heterocycles. The molecule has 0 atom stereocenters. The van der Waals surface area contributed by atoms with E-state index in [1.165, 1.54) is 11.1 Å². The van der Waals surface area contributed by atoms with Crippen LogP contribution in [-0.2, 0) is 0 Å². The van der Waals surface area contributed by atoms with Crippen molar-refractivity contribution in [2.75, 3.05) is 0 Å². The minimum atomic E-state index is 0.553. The summed E-state index contributed by atoms with van der Waals surface area (Å²) in [5.74, 6) is 0. The van der Waals surface area contributed by atoms with Gasteiger partial charge in [-0.2, -0.15) is 0 Å². The molecule has 130 valence electrons. The molecule has 0 aliphatic rings. The molecule has 2 heterocycles. The van der Waals surface area contributed by atoms with E-state index in [4.69, 9.17) is 28.2 Å². The Morgan fingerprint density at radius 2 is 1.37 bits per heavy atom. The highest BCUT2D eigenvalue weighted by Gasteiger charge is 2.11. The fourth-order valence-electron chi connectivity index (χ4n) is 3.39. The molecular formula is C23H14Cl2N2. The highest BCUT2D eigenvalue weighted by atomic mass is 35.5. The number of nitrogens with zero attached hydrogens (tertiary/aromatic N) is 2. The molecule has 0 unspecified atom stereocenters. The van der Waals surface area contributed by atoms with Crippen LogP contribution in [0.2, 0.25) is 10.0 Å². The predicted molar refractivity (Wildman–Crippen MR) is 114 cm³/mol. The number of rotatable bonds is 2. The second kappa shape index (κ2) is 6.41. The summed E-state index contributed by atoms with van der Waals surface area (Å²) in [4.78, 5) is 4.85. The van der Waals surface area contributed by atoms with Crippen LogP contribution in [0.15, 0.2) is 85.2 Å². The van der Waals surface area contributed by atoms with E-state index in [1.54, 1.807) is 0 Å². The molecule has 5 aromatic rings. The fourth-order valence-corrected chi connectivity index (χ4v) is 3.78. The topological polar surface area (TPSA) is 17.3 Å². The van der Waals surface area contributed by atoms with Gasteiger partial charge in [-0.05, 0) is 29.3 Å². The third kappa shape index (κ3) is 2.78. The molecule has 0 bridgehead atoms. The van der Waals surface area contributed by atoms with Gasteiger partial charge in [0.25, 0.3) is 0 Å². The lowest BCUT2D eigenvalue weighted by molar-refractivity contribution is 1.20. The van der Waals surface area contributed by atoms with Gasteiger partial charge in [0.15, 0.2) is 0 Å². The van der Waals surface area contributed by atoms with Crippen molar-refractivity contribution in [1.82, 2.24) is 9.38 Å². The Morgan fingerprint density at radius 3 is 2.15 bits per heavy atom. The maximum absolute atomic E-state index is 6.36. The van der Waals surface area contributed by atoms with Gasteiger partial charge in [-0.15, -0.1) is 0 Å². The third-order valence-corrected chi connectivity index (χ3v) is 5.61. The molecule has 0 aliphatic heterocycles. The lowest BCUT2D eigenvalue weighted by Crippen LogP contribution is -1.85. The zero-order valence-corrected chi connectivity index (χ0v) is 15.7. The minimum absolute atomic E-state index is 0.553. The monoisotopic (exact) mass is 388 g/mol. The summed E-state index contributed by atoms with van der Waals surface area (Å²) in [6, 6.07) is 24.6. The van der Waals surface area contributed by atoms with E-state index in [0.717, 1.165) is 27.7 Å².